The largest absolute Gasteiger partial charge is 0.343 e. The first-order valence-electron chi connectivity index (χ1n) is 8.19. The molecule has 0 saturated heterocycles. The van der Waals surface area contributed by atoms with Crippen molar-refractivity contribution in [3.8, 4) is 5.69 Å². The van der Waals surface area contributed by atoms with Gasteiger partial charge in [0.05, 0.1) is 11.7 Å². The molecule has 0 saturated carbocycles. The van der Waals surface area contributed by atoms with Crippen LogP contribution in [0.2, 0.25) is 0 Å². The molecule has 1 amide bonds. The molecule has 0 aliphatic rings. The van der Waals surface area contributed by atoms with Gasteiger partial charge >= 0.3 is 0 Å². The molecule has 0 aliphatic heterocycles. The highest BCUT2D eigenvalue weighted by molar-refractivity contribution is 7.10. The minimum atomic E-state index is -0.339. The molecular formula is C19H20FN3OS. The Balaban J connectivity index is 1.76. The van der Waals surface area contributed by atoms with Gasteiger partial charge in [-0.15, -0.1) is 11.3 Å². The molecule has 1 unspecified atom stereocenters. The number of carbonyl (C=O) groups is 1. The number of thiophene rings is 1. The summed E-state index contributed by atoms with van der Waals surface area (Å²) in [7, 11) is 0. The minimum absolute atomic E-state index is 0.0354. The lowest BCUT2D eigenvalue weighted by Crippen LogP contribution is -2.29. The molecule has 3 rings (SSSR count). The Bertz CT molecular complexity index is 842. The first kappa shape index (κ1) is 17.4. The normalized spacial score (nSPS) is 12.3. The van der Waals surface area contributed by atoms with Gasteiger partial charge in [-0.3, -0.25) is 4.79 Å². The fraction of sp³-hybridized carbons (Fsp3) is 0.263. The highest BCUT2D eigenvalue weighted by Gasteiger charge is 2.19. The van der Waals surface area contributed by atoms with Crippen LogP contribution < -0.4 is 5.32 Å². The third-order valence-corrected chi connectivity index (χ3v) is 4.78. The van der Waals surface area contributed by atoms with Gasteiger partial charge in [-0.05, 0) is 48.1 Å². The molecule has 0 aliphatic carbocycles. The maximum absolute atomic E-state index is 13.3. The Hall–Kier alpha value is -2.47. The van der Waals surface area contributed by atoms with Crippen LogP contribution in [0.5, 0.6) is 0 Å². The topological polar surface area (TPSA) is 46.9 Å². The molecule has 0 radical (unpaired) electrons. The second kappa shape index (κ2) is 7.61. The van der Waals surface area contributed by atoms with Crippen molar-refractivity contribution in [1.29, 1.82) is 0 Å². The standard InChI is InChI=1S/C19H20FN3OS/c1-13(2)11-17(18-7-4-10-25-18)21-19(24)16-8-9-23(22-16)15-6-3-5-14(20)12-15/h3-10,12-13,17H,11H2,1-2H3,(H,21,24). The van der Waals surface area contributed by atoms with Crippen LogP contribution in [0.1, 0.15) is 41.7 Å². The first-order chi connectivity index (χ1) is 12.0. The van der Waals surface area contributed by atoms with Crippen LogP contribution in [0.4, 0.5) is 4.39 Å². The van der Waals surface area contributed by atoms with Crippen LogP contribution in [0.15, 0.2) is 54.0 Å². The number of hydrogen-bond donors (Lipinski definition) is 1. The van der Waals surface area contributed by atoms with Gasteiger partial charge in [-0.2, -0.15) is 5.10 Å². The maximum Gasteiger partial charge on any atom is 0.272 e. The molecule has 1 aromatic carbocycles. The Morgan fingerprint density at radius 2 is 2.12 bits per heavy atom. The van der Waals surface area contributed by atoms with Crippen molar-refractivity contribution in [1.82, 2.24) is 15.1 Å². The van der Waals surface area contributed by atoms with Gasteiger partial charge in [0.25, 0.3) is 5.91 Å². The third-order valence-electron chi connectivity index (χ3n) is 3.79. The quantitative estimate of drug-likeness (QED) is 0.701. The molecule has 0 fully saturated rings. The summed E-state index contributed by atoms with van der Waals surface area (Å²) in [5, 5.41) is 9.35. The zero-order valence-electron chi connectivity index (χ0n) is 14.1. The monoisotopic (exact) mass is 357 g/mol. The molecule has 6 heteroatoms. The molecule has 1 N–H and O–H groups in total. The fourth-order valence-electron chi connectivity index (χ4n) is 2.65. The average Bonchev–Trinajstić information content (AvgIpc) is 3.26. The maximum atomic E-state index is 13.3. The molecule has 2 heterocycles. The molecular weight excluding hydrogens is 337 g/mol. The summed E-state index contributed by atoms with van der Waals surface area (Å²) >= 11 is 1.63. The number of hydrogen-bond acceptors (Lipinski definition) is 3. The second-order valence-electron chi connectivity index (χ2n) is 6.30. The smallest absolute Gasteiger partial charge is 0.272 e. The van der Waals surface area contributed by atoms with Crippen LogP contribution in [0, 0.1) is 11.7 Å². The first-order valence-corrected chi connectivity index (χ1v) is 9.07. The highest BCUT2D eigenvalue weighted by atomic mass is 32.1. The van der Waals surface area contributed by atoms with Gasteiger partial charge in [0.15, 0.2) is 5.69 Å². The van der Waals surface area contributed by atoms with Crippen molar-refractivity contribution < 1.29 is 9.18 Å². The van der Waals surface area contributed by atoms with Crippen molar-refractivity contribution in [2.45, 2.75) is 26.3 Å². The van der Waals surface area contributed by atoms with Crippen molar-refractivity contribution in [3.05, 3.63) is 70.4 Å². The third kappa shape index (κ3) is 4.33. The van der Waals surface area contributed by atoms with E-state index in [4.69, 9.17) is 0 Å². The lowest BCUT2D eigenvalue weighted by atomic mass is 10.0. The number of nitrogens with zero attached hydrogens (tertiary/aromatic N) is 2. The molecule has 2 aromatic heterocycles. The van der Waals surface area contributed by atoms with Gasteiger partial charge in [0.1, 0.15) is 5.82 Å². The van der Waals surface area contributed by atoms with E-state index in [0.29, 0.717) is 17.3 Å². The van der Waals surface area contributed by atoms with E-state index in [0.717, 1.165) is 11.3 Å². The number of benzene rings is 1. The summed E-state index contributed by atoms with van der Waals surface area (Å²) in [5.41, 5.74) is 0.894. The Morgan fingerprint density at radius 3 is 2.80 bits per heavy atom. The molecule has 0 bridgehead atoms. The van der Waals surface area contributed by atoms with Crippen LogP contribution in [0.25, 0.3) is 5.69 Å². The zero-order valence-corrected chi connectivity index (χ0v) is 15.0. The van der Waals surface area contributed by atoms with Crippen LogP contribution >= 0.6 is 11.3 Å². The van der Waals surface area contributed by atoms with Crippen LogP contribution in [-0.2, 0) is 0 Å². The SMILES string of the molecule is CC(C)CC(NC(=O)c1ccn(-c2cccc(F)c2)n1)c1cccs1. The molecule has 130 valence electrons. The lowest BCUT2D eigenvalue weighted by molar-refractivity contribution is 0.0927. The van der Waals surface area contributed by atoms with Crippen LogP contribution in [0.3, 0.4) is 0 Å². The number of aromatic nitrogens is 2. The highest BCUT2D eigenvalue weighted by Crippen LogP contribution is 2.25. The Morgan fingerprint density at radius 1 is 1.28 bits per heavy atom. The number of nitrogens with one attached hydrogen (secondary N) is 1. The van der Waals surface area contributed by atoms with Gasteiger partial charge < -0.3 is 5.32 Å². The summed E-state index contributed by atoms with van der Waals surface area (Å²) in [4.78, 5) is 13.7. The van der Waals surface area contributed by atoms with Gasteiger partial charge in [-0.1, -0.05) is 26.0 Å². The fourth-order valence-corrected chi connectivity index (χ4v) is 3.44. The molecule has 1 atom stereocenters. The predicted molar refractivity (Wildman–Crippen MR) is 97.5 cm³/mol. The molecule has 3 aromatic rings. The molecule has 4 nitrogen and oxygen atoms in total. The average molecular weight is 357 g/mol. The van der Waals surface area contributed by atoms with E-state index in [9.17, 15) is 9.18 Å². The van der Waals surface area contributed by atoms with Crippen molar-refractivity contribution in [2.24, 2.45) is 5.92 Å². The summed E-state index contributed by atoms with van der Waals surface area (Å²) in [5.74, 6) is -0.111. The van der Waals surface area contributed by atoms with Crippen molar-refractivity contribution in [3.63, 3.8) is 0 Å². The second-order valence-corrected chi connectivity index (χ2v) is 7.28. The predicted octanol–water partition coefficient (Wildman–Crippen LogP) is 4.59. The van der Waals surface area contributed by atoms with Gasteiger partial charge in [0.2, 0.25) is 0 Å². The van der Waals surface area contributed by atoms with E-state index >= 15 is 0 Å². The van der Waals surface area contributed by atoms with E-state index < -0.39 is 0 Å². The van der Waals surface area contributed by atoms with E-state index in [-0.39, 0.29) is 17.8 Å². The number of rotatable bonds is 6. The van der Waals surface area contributed by atoms with Crippen molar-refractivity contribution >= 4 is 17.2 Å². The Kier molecular flexibility index (Phi) is 5.28. The zero-order chi connectivity index (χ0) is 17.8. The summed E-state index contributed by atoms with van der Waals surface area (Å²) in [6.45, 7) is 4.26. The number of amides is 1. The van der Waals surface area contributed by atoms with E-state index in [1.807, 2.05) is 17.5 Å². The summed E-state index contributed by atoms with van der Waals surface area (Å²) in [6, 6.07) is 11.7. The summed E-state index contributed by atoms with van der Waals surface area (Å²) in [6.07, 6.45) is 2.52. The van der Waals surface area contributed by atoms with Gasteiger partial charge in [-0.25, -0.2) is 9.07 Å². The Labute approximate surface area is 150 Å². The number of carbonyl (C=O) groups excluding carboxylic acids is 1. The summed E-state index contributed by atoms with van der Waals surface area (Å²) < 4.78 is 14.9. The van der Waals surface area contributed by atoms with Gasteiger partial charge in [0, 0.05) is 11.1 Å². The van der Waals surface area contributed by atoms with E-state index in [2.05, 4.69) is 24.3 Å². The van der Waals surface area contributed by atoms with E-state index in [1.54, 1.807) is 35.7 Å². The molecule has 25 heavy (non-hydrogen) atoms. The molecule has 0 spiro atoms. The van der Waals surface area contributed by atoms with Crippen molar-refractivity contribution in [2.75, 3.05) is 0 Å². The lowest BCUT2D eigenvalue weighted by Gasteiger charge is -2.19. The minimum Gasteiger partial charge on any atom is -0.343 e. The number of halogens is 1. The van der Waals surface area contributed by atoms with Crippen LogP contribution in [-0.4, -0.2) is 15.7 Å². The van der Waals surface area contributed by atoms with E-state index in [1.165, 1.54) is 16.8 Å².